The zero-order valence-electron chi connectivity index (χ0n) is 13.2. The van der Waals surface area contributed by atoms with Crippen molar-refractivity contribution in [2.75, 3.05) is 0 Å². The standard InChI is InChI=1S/C17H14N4OS3/c22-15-14-10(5-6-23-14)20-12(21-15)7-24-16-13-9-3-1-2-4-11(9)25-17(13)19-8-18-16/h5-6,8H,1-4,7H2,(H,20,21,22). The van der Waals surface area contributed by atoms with Crippen LogP contribution in [-0.2, 0) is 18.6 Å². The van der Waals surface area contributed by atoms with Gasteiger partial charge in [0.1, 0.15) is 26.7 Å². The molecule has 1 aliphatic carbocycles. The van der Waals surface area contributed by atoms with E-state index in [0.29, 0.717) is 16.3 Å². The molecule has 0 saturated carbocycles. The molecular weight excluding hydrogens is 372 g/mol. The number of hydrogen-bond donors (Lipinski definition) is 1. The molecule has 0 radical (unpaired) electrons. The van der Waals surface area contributed by atoms with Crippen LogP contribution in [0.1, 0.15) is 29.1 Å². The van der Waals surface area contributed by atoms with Crippen molar-refractivity contribution in [2.45, 2.75) is 36.5 Å². The van der Waals surface area contributed by atoms with Gasteiger partial charge in [-0.05, 0) is 42.7 Å². The van der Waals surface area contributed by atoms with Gasteiger partial charge in [-0.15, -0.1) is 22.7 Å². The summed E-state index contributed by atoms with van der Waals surface area (Å²) in [6.07, 6.45) is 6.42. The van der Waals surface area contributed by atoms with Crippen LogP contribution in [0.25, 0.3) is 20.4 Å². The number of rotatable bonds is 3. The lowest BCUT2D eigenvalue weighted by Gasteiger charge is -2.11. The van der Waals surface area contributed by atoms with Crippen LogP contribution < -0.4 is 5.56 Å². The van der Waals surface area contributed by atoms with E-state index in [-0.39, 0.29) is 5.56 Å². The fraction of sp³-hybridized carbons (Fsp3) is 0.294. The quantitative estimate of drug-likeness (QED) is 0.423. The average molecular weight is 387 g/mol. The monoisotopic (exact) mass is 386 g/mol. The van der Waals surface area contributed by atoms with Gasteiger partial charge in [-0.3, -0.25) is 4.79 Å². The van der Waals surface area contributed by atoms with Gasteiger partial charge in [0.2, 0.25) is 0 Å². The number of aromatic nitrogens is 4. The SMILES string of the molecule is O=c1[nH]c(CSc2ncnc3sc4c(c23)CCCC4)nc2ccsc12. The van der Waals surface area contributed by atoms with Crippen LogP contribution in [0.15, 0.2) is 27.6 Å². The van der Waals surface area contributed by atoms with Crippen LogP contribution in [0.5, 0.6) is 0 Å². The third-order valence-corrected chi connectivity index (χ3v) is 7.53. The predicted molar refractivity (Wildman–Crippen MR) is 104 cm³/mol. The summed E-state index contributed by atoms with van der Waals surface area (Å²) < 4.78 is 0.685. The Kier molecular flexibility index (Phi) is 3.83. The van der Waals surface area contributed by atoms with E-state index in [2.05, 4.69) is 19.9 Å². The van der Waals surface area contributed by atoms with E-state index >= 15 is 0 Å². The summed E-state index contributed by atoms with van der Waals surface area (Å²) in [6, 6.07) is 1.89. The fourth-order valence-electron chi connectivity index (χ4n) is 3.30. The molecule has 0 bridgehead atoms. The highest BCUT2D eigenvalue weighted by molar-refractivity contribution is 7.98. The van der Waals surface area contributed by atoms with Gasteiger partial charge in [0.15, 0.2) is 0 Å². The Bertz CT molecular complexity index is 1140. The molecule has 0 spiro atoms. The van der Waals surface area contributed by atoms with E-state index in [1.165, 1.54) is 40.0 Å². The second-order valence-corrected chi connectivity index (χ2v) is 8.97. The summed E-state index contributed by atoms with van der Waals surface area (Å²) in [7, 11) is 0. The van der Waals surface area contributed by atoms with E-state index in [0.717, 1.165) is 28.2 Å². The summed E-state index contributed by atoms with van der Waals surface area (Å²) in [4.78, 5) is 31.1. The van der Waals surface area contributed by atoms with Gasteiger partial charge in [0.05, 0.1) is 11.3 Å². The number of fused-ring (bicyclic) bond motifs is 4. The molecule has 1 N–H and O–H groups in total. The van der Waals surface area contributed by atoms with Crippen LogP contribution in [-0.4, -0.2) is 19.9 Å². The number of aromatic amines is 1. The van der Waals surface area contributed by atoms with Crippen LogP contribution in [0.3, 0.4) is 0 Å². The van der Waals surface area contributed by atoms with Gasteiger partial charge in [0, 0.05) is 10.3 Å². The minimum absolute atomic E-state index is 0.0589. The first-order chi connectivity index (χ1) is 12.3. The zero-order chi connectivity index (χ0) is 16.8. The number of aryl methyl sites for hydroxylation is 2. The first-order valence-electron chi connectivity index (χ1n) is 8.14. The van der Waals surface area contributed by atoms with Gasteiger partial charge in [-0.1, -0.05) is 11.8 Å². The normalized spacial score (nSPS) is 14.2. The van der Waals surface area contributed by atoms with E-state index in [1.807, 2.05) is 11.4 Å². The highest BCUT2D eigenvalue weighted by atomic mass is 32.2. The number of nitrogens with one attached hydrogen (secondary N) is 1. The molecule has 0 aliphatic heterocycles. The van der Waals surface area contributed by atoms with Crippen molar-refractivity contribution < 1.29 is 0 Å². The molecule has 0 atom stereocenters. The summed E-state index contributed by atoms with van der Waals surface area (Å²) in [6.45, 7) is 0. The molecule has 5 nitrogen and oxygen atoms in total. The van der Waals surface area contributed by atoms with Crippen molar-refractivity contribution >= 4 is 54.9 Å². The summed E-state index contributed by atoms with van der Waals surface area (Å²) in [5.41, 5.74) is 2.14. The fourth-order valence-corrected chi connectivity index (χ4v) is 6.21. The van der Waals surface area contributed by atoms with Crippen LogP contribution in [0.2, 0.25) is 0 Å². The Labute approximate surface area is 155 Å². The Morgan fingerprint density at radius 3 is 3.12 bits per heavy atom. The van der Waals surface area contributed by atoms with Crippen molar-refractivity contribution in [3.63, 3.8) is 0 Å². The Balaban J connectivity index is 1.51. The molecule has 4 heterocycles. The Morgan fingerprint density at radius 2 is 2.16 bits per heavy atom. The Morgan fingerprint density at radius 1 is 1.24 bits per heavy atom. The molecule has 126 valence electrons. The molecule has 4 aromatic heterocycles. The summed E-state index contributed by atoms with van der Waals surface area (Å²) >= 11 is 4.85. The number of thioether (sulfide) groups is 1. The number of hydrogen-bond acceptors (Lipinski definition) is 7. The maximum absolute atomic E-state index is 12.1. The van der Waals surface area contributed by atoms with Gasteiger partial charge >= 0.3 is 0 Å². The predicted octanol–water partition coefficient (Wildman–Crippen LogP) is 4.16. The van der Waals surface area contributed by atoms with Gasteiger partial charge in [-0.2, -0.15) is 0 Å². The molecule has 4 aromatic rings. The minimum Gasteiger partial charge on any atom is -0.309 e. The second-order valence-electron chi connectivity index (χ2n) is 6.01. The van der Waals surface area contributed by atoms with E-state index < -0.39 is 0 Å². The van der Waals surface area contributed by atoms with Gasteiger partial charge < -0.3 is 4.98 Å². The minimum atomic E-state index is -0.0589. The van der Waals surface area contributed by atoms with Crippen molar-refractivity contribution in [2.24, 2.45) is 0 Å². The van der Waals surface area contributed by atoms with Crippen LogP contribution in [0.4, 0.5) is 0 Å². The van der Waals surface area contributed by atoms with E-state index in [1.54, 1.807) is 29.4 Å². The first-order valence-corrected chi connectivity index (χ1v) is 10.8. The lowest BCUT2D eigenvalue weighted by Crippen LogP contribution is -2.09. The first kappa shape index (κ1) is 15.5. The van der Waals surface area contributed by atoms with E-state index in [4.69, 9.17) is 0 Å². The maximum atomic E-state index is 12.1. The molecule has 8 heteroatoms. The molecule has 25 heavy (non-hydrogen) atoms. The maximum Gasteiger partial charge on any atom is 0.268 e. The molecule has 5 rings (SSSR count). The Hall–Kier alpha value is -1.77. The number of H-pyrrole nitrogens is 1. The van der Waals surface area contributed by atoms with Crippen molar-refractivity contribution in [1.29, 1.82) is 0 Å². The third kappa shape index (κ3) is 2.68. The topological polar surface area (TPSA) is 71.5 Å². The van der Waals surface area contributed by atoms with Crippen LogP contribution in [0, 0.1) is 0 Å². The highest BCUT2D eigenvalue weighted by Gasteiger charge is 2.20. The van der Waals surface area contributed by atoms with Crippen LogP contribution >= 0.6 is 34.4 Å². The van der Waals surface area contributed by atoms with Crippen molar-refractivity contribution in [3.05, 3.63) is 44.4 Å². The van der Waals surface area contributed by atoms with Crippen molar-refractivity contribution in [3.8, 4) is 0 Å². The number of nitrogens with zero attached hydrogens (tertiary/aromatic N) is 3. The third-order valence-electron chi connectivity index (χ3n) is 4.43. The lowest BCUT2D eigenvalue weighted by atomic mass is 9.97. The number of thiophene rings is 2. The smallest absolute Gasteiger partial charge is 0.268 e. The summed E-state index contributed by atoms with van der Waals surface area (Å²) in [5.74, 6) is 1.29. The molecule has 0 unspecified atom stereocenters. The molecule has 0 aromatic carbocycles. The zero-order valence-corrected chi connectivity index (χ0v) is 15.7. The van der Waals surface area contributed by atoms with Gasteiger partial charge in [0.25, 0.3) is 5.56 Å². The lowest BCUT2D eigenvalue weighted by molar-refractivity contribution is 0.699. The molecule has 0 saturated heterocycles. The van der Waals surface area contributed by atoms with Crippen molar-refractivity contribution in [1.82, 2.24) is 19.9 Å². The van der Waals surface area contributed by atoms with E-state index in [9.17, 15) is 4.79 Å². The highest BCUT2D eigenvalue weighted by Crippen LogP contribution is 2.39. The second kappa shape index (κ2) is 6.19. The van der Waals surface area contributed by atoms with Gasteiger partial charge in [-0.25, -0.2) is 15.0 Å². The molecule has 0 amide bonds. The molecule has 1 aliphatic rings. The summed E-state index contributed by atoms with van der Waals surface area (Å²) in [5, 5.41) is 4.11. The largest absolute Gasteiger partial charge is 0.309 e. The molecular formula is C17H14N4OS3. The average Bonchev–Trinajstić information content (AvgIpc) is 3.24. The molecule has 0 fully saturated rings.